The SMILES string of the molecule is N#CC1(Br)CCc2cc(Br)ccc2C1. The molecule has 1 unspecified atom stereocenters. The van der Waals surface area contributed by atoms with Gasteiger partial charge in [-0.05, 0) is 36.1 Å². The van der Waals surface area contributed by atoms with Gasteiger partial charge in [-0.25, -0.2) is 0 Å². The highest BCUT2D eigenvalue weighted by Crippen LogP contribution is 2.35. The van der Waals surface area contributed by atoms with Crippen molar-refractivity contribution in [3.63, 3.8) is 0 Å². The number of hydrogen-bond donors (Lipinski definition) is 0. The van der Waals surface area contributed by atoms with Crippen molar-refractivity contribution in [1.29, 1.82) is 5.26 Å². The molecule has 0 radical (unpaired) electrons. The number of nitrogens with zero attached hydrogens (tertiary/aromatic N) is 1. The maximum absolute atomic E-state index is 9.02. The summed E-state index contributed by atoms with van der Waals surface area (Å²) in [6, 6.07) is 8.63. The molecule has 0 spiro atoms. The Balaban J connectivity index is 2.37. The van der Waals surface area contributed by atoms with Crippen LogP contribution in [0.25, 0.3) is 0 Å². The molecule has 1 nitrogen and oxygen atoms in total. The van der Waals surface area contributed by atoms with Crippen molar-refractivity contribution >= 4 is 31.9 Å². The molecule has 14 heavy (non-hydrogen) atoms. The van der Waals surface area contributed by atoms with Crippen molar-refractivity contribution in [3.05, 3.63) is 33.8 Å². The molecule has 1 atom stereocenters. The Morgan fingerprint density at radius 1 is 1.36 bits per heavy atom. The highest BCUT2D eigenvalue weighted by Gasteiger charge is 2.31. The summed E-state index contributed by atoms with van der Waals surface area (Å²) in [5.41, 5.74) is 2.66. The lowest BCUT2D eigenvalue weighted by Gasteiger charge is -2.26. The summed E-state index contributed by atoms with van der Waals surface area (Å²) in [4.78, 5) is 0. The van der Waals surface area contributed by atoms with Crippen LogP contribution in [-0.4, -0.2) is 4.32 Å². The van der Waals surface area contributed by atoms with Gasteiger partial charge in [-0.3, -0.25) is 0 Å². The number of fused-ring (bicyclic) bond motifs is 1. The monoisotopic (exact) mass is 313 g/mol. The summed E-state index contributed by atoms with van der Waals surface area (Å²) in [5, 5.41) is 9.02. The van der Waals surface area contributed by atoms with Crippen LogP contribution in [0.15, 0.2) is 22.7 Å². The van der Waals surface area contributed by atoms with Gasteiger partial charge in [0.1, 0.15) is 4.32 Å². The van der Waals surface area contributed by atoms with E-state index in [1.807, 2.05) is 6.07 Å². The molecular formula is C11H9Br2N. The van der Waals surface area contributed by atoms with Crippen molar-refractivity contribution in [2.24, 2.45) is 0 Å². The lowest BCUT2D eigenvalue weighted by atomic mass is 9.84. The van der Waals surface area contributed by atoms with Gasteiger partial charge in [0, 0.05) is 10.9 Å². The highest BCUT2D eigenvalue weighted by atomic mass is 79.9. The van der Waals surface area contributed by atoms with Crippen LogP contribution in [0, 0.1) is 11.3 Å². The van der Waals surface area contributed by atoms with Crippen molar-refractivity contribution in [2.45, 2.75) is 23.6 Å². The minimum absolute atomic E-state index is 0.339. The summed E-state index contributed by atoms with van der Waals surface area (Å²) in [6.45, 7) is 0. The van der Waals surface area contributed by atoms with E-state index in [0.29, 0.717) is 0 Å². The molecule has 1 aliphatic rings. The van der Waals surface area contributed by atoms with Crippen LogP contribution >= 0.6 is 31.9 Å². The van der Waals surface area contributed by atoms with Crippen LogP contribution in [0.5, 0.6) is 0 Å². The Morgan fingerprint density at radius 3 is 2.86 bits per heavy atom. The van der Waals surface area contributed by atoms with Gasteiger partial charge in [0.2, 0.25) is 0 Å². The predicted octanol–water partition coefficient (Wildman–Crippen LogP) is 3.60. The fourth-order valence-electron chi connectivity index (χ4n) is 1.82. The number of alkyl halides is 1. The number of hydrogen-bond acceptors (Lipinski definition) is 1. The van der Waals surface area contributed by atoms with E-state index in [4.69, 9.17) is 5.26 Å². The third-order valence-corrected chi connectivity index (χ3v) is 3.98. The van der Waals surface area contributed by atoms with Crippen molar-refractivity contribution in [3.8, 4) is 6.07 Å². The molecule has 0 fully saturated rings. The third-order valence-electron chi connectivity index (χ3n) is 2.63. The van der Waals surface area contributed by atoms with Crippen molar-refractivity contribution < 1.29 is 0 Å². The van der Waals surface area contributed by atoms with Crippen molar-refractivity contribution in [1.82, 2.24) is 0 Å². The summed E-state index contributed by atoms with van der Waals surface area (Å²) in [7, 11) is 0. The number of aryl methyl sites for hydroxylation is 1. The fraction of sp³-hybridized carbons (Fsp3) is 0.364. The summed E-state index contributed by atoms with van der Waals surface area (Å²) >= 11 is 6.97. The van der Waals surface area contributed by atoms with Gasteiger partial charge < -0.3 is 0 Å². The first-order valence-corrected chi connectivity index (χ1v) is 6.09. The smallest absolute Gasteiger partial charge is 0.116 e. The van der Waals surface area contributed by atoms with Crippen LogP contribution in [0.1, 0.15) is 17.5 Å². The topological polar surface area (TPSA) is 23.8 Å². The van der Waals surface area contributed by atoms with Gasteiger partial charge in [0.05, 0.1) is 6.07 Å². The first-order chi connectivity index (χ1) is 6.63. The second-order valence-electron chi connectivity index (χ2n) is 3.67. The van der Waals surface area contributed by atoms with E-state index < -0.39 is 0 Å². The summed E-state index contributed by atoms with van der Waals surface area (Å²) in [6.07, 6.45) is 2.69. The van der Waals surface area contributed by atoms with Crippen LogP contribution < -0.4 is 0 Å². The Bertz CT molecular complexity index is 408. The zero-order chi connectivity index (χ0) is 10.2. The minimum atomic E-state index is -0.339. The van der Waals surface area contributed by atoms with E-state index in [0.717, 1.165) is 23.7 Å². The van der Waals surface area contributed by atoms with Crippen molar-refractivity contribution in [2.75, 3.05) is 0 Å². The zero-order valence-electron chi connectivity index (χ0n) is 7.56. The van der Waals surface area contributed by atoms with E-state index in [1.165, 1.54) is 11.1 Å². The zero-order valence-corrected chi connectivity index (χ0v) is 10.7. The quantitative estimate of drug-likeness (QED) is 0.671. The number of rotatable bonds is 0. The van der Waals surface area contributed by atoms with Crippen LogP contribution in [-0.2, 0) is 12.8 Å². The largest absolute Gasteiger partial charge is 0.197 e. The molecule has 0 N–H and O–H groups in total. The molecule has 72 valence electrons. The van der Waals surface area contributed by atoms with E-state index in [9.17, 15) is 0 Å². The molecular weight excluding hydrogens is 306 g/mol. The molecule has 2 rings (SSSR count). The number of halogens is 2. The maximum atomic E-state index is 9.02. The predicted molar refractivity (Wildman–Crippen MR) is 63.4 cm³/mol. The Morgan fingerprint density at radius 2 is 2.14 bits per heavy atom. The van der Waals surface area contributed by atoms with Gasteiger partial charge in [0.15, 0.2) is 0 Å². The third kappa shape index (κ3) is 1.87. The van der Waals surface area contributed by atoms with E-state index in [-0.39, 0.29) is 4.32 Å². The maximum Gasteiger partial charge on any atom is 0.116 e. The standard InChI is InChI=1S/C11H9Br2N/c12-10-2-1-9-6-11(13,7-14)4-3-8(9)5-10/h1-2,5H,3-4,6H2. The average Bonchev–Trinajstić information content (AvgIpc) is 2.19. The normalized spacial score (nSPS) is 25.2. The Hall–Kier alpha value is -0.330. The molecule has 0 saturated carbocycles. The van der Waals surface area contributed by atoms with Crippen LogP contribution in [0.4, 0.5) is 0 Å². The summed E-state index contributed by atoms with van der Waals surface area (Å²) in [5.74, 6) is 0. The number of nitriles is 1. The van der Waals surface area contributed by atoms with Gasteiger partial charge >= 0.3 is 0 Å². The summed E-state index contributed by atoms with van der Waals surface area (Å²) < 4.78 is 0.781. The molecule has 1 aliphatic carbocycles. The molecule has 3 heteroatoms. The molecule has 0 aromatic heterocycles. The lowest BCUT2D eigenvalue weighted by Crippen LogP contribution is -2.27. The highest BCUT2D eigenvalue weighted by molar-refractivity contribution is 9.10. The van der Waals surface area contributed by atoms with Crippen LogP contribution in [0.2, 0.25) is 0 Å². The van der Waals surface area contributed by atoms with Gasteiger partial charge in [-0.15, -0.1) is 0 Å². The minimum Gasteiger partial charge on any atom is -0.197 e. The van der Waals surface area contributed by atoms with Crippen LogP contribution in [0.3, 0.4) is 0 Å². The molecule has 0 bridgehead atoms. The van der Waals surface area contributed by atoms with E-state index in [1.54, 1.807) is 0 Å². The molecule has 0 heterocycles. The first kappa shape index (κ1) is 10.2. The first-order valence-electron chi connectivity index (χ1n) is 4.50. The fourth-order valence-corrected chi connectivity index (χ4v) is 2.73. The Labute approximate surface area is 100 Å². The average molecular weight is 315 g/mol. The molecule has 1 aromatic carbocycles. The molecule has 0 aliphatic heterocycles. The second-order valence-corrected chi connectivity index (χ2v) is 6.10. The second kappa shape index (κ2) is 3.67. The van der Waals surface area contributed by atoms with Gasteiger partial charge in [-0.2, -0.15) is 5.26 Å². The number of benzene rings is 1. The van der Waals surface area contributed by atoms with E-state index in [2.05, 4.69) is 50.1 Å². The van der Waals surface area contributed by atoms with Gasteiger partial charge in [0.25, 0.3) is 0 Å². The lowest BCUT2D eigenvalue weighted by molar-refractivity contribution is 0.620. The van der Waals surface area contributed by atoms with Gasteiger partial charge in [-0.1, -0.05) is 37.9 Å². The van der Waals surface area contributed by atoms with E-state index >= 15 is 0 Å². The molecule has 0 amide bonds. The molecule has 0 saturated heterocycles. The molecule has 1 aromatic rings. The Kier molecular flexibility index (Phi) is 2.68.